The van der Waals surface area contributed by atoms with E-state index in [0.29, 0.717) is 24.6 Å². The van der Waals surface area contributed by atoms with Crippen molar-refractivity contribution in [3.05, 3.63) is 101 Å². The lowest BCUT2D eigenvalue weighted by atomic mass is 10.1. The lowest BCUT2D eigenvalue weighted by molar-refractivity contribution is 0.0945. The summed E-state index contributed by atoms with van der Waals surface area (Å²) in [6.07, 6.45) is 0. The van der Waals surface area contributed by atoms with Gasteiger partial charge in [-0.25, -0.2) is 4.68 Å². The number of methoxy groups -OCH3 is 1. The van der Waals surface area contributed by atoms with Crippen molar-refractivity contribution in [2.24, 2.45) is 0 Å². The molecule has 1 amide bonds. The molecule has 162 valence electrons. The van der Waals surface area contributed by atoms with Gasteiger partial charge in [-0.3, -0.25) is 4.79 Å². The predicted octanol–water partition coefficient (Wildman–Crippen LogP) is 4.09. The second kappa shape index (κ2) is 9.78. The van der Waals surface area contributed by atoms with E-state index in [-0.39, 0.29) is 11.6 Å². The van der Waals surface area contributed by atoms with Crippen LogP contribution in [0.15, 0.2) is 78.9 Å². The largest absolute Gasteiger partial charge is 0.497 e. The summed E-state index contributed by atoms with van der Waals surface area (Å²) < 4.78 is 12.7. The minimum Gasteiger partial charge on any atom is -0.497 e. The first kappa shape index (κ1) is 21.1. The van der Waals surface area contributed by atoms with E-state index in [1.807, 2.05) is 85.8 Å². The lowest BCUT2D eigenvalue weighted by Crippen LogP contribution is -2.24. The number of ether oxygens (including phenoxy) is 2. The van der Waals surface area contributed by atoms with Crippen LogP contribution in [-0.4, -0.2) is 28.0 Å². The Balaban J connectivity index is 1.39. The van der Waals surface area contributed by atoms with E-state index in [4.69, 9.17) is 9.47 Å². The van der Waals surface area contributed by atoms with E-state index in [2.05, 4.69) is 15.6 Å². The summed E-state index contributed by atoms with van der Waals surface area (Å²) >= 11 is 0. The Morgan fingerprint density at radius 3 is 2.50 bits per heavy atom. The Kier molecular flexibility index (Phi) is 6.46. The average molecular weight is 428 g/mol. The van der Waals surface area contributed by atoms with Crippen molar-refractivity contribution < 1.29 is 14.3 Å². The molecule has 0 aliphatic carbocycles. The summed E-state index contributed by atoms with van der Waals surface area (Å²) in [5, 5.41) is 11.1. The van der Waals surface area contributed by atoms with E-state index < -0.39 is 0 Å². The third-order valence-electron chi connectivity index (χ3n) is 5.00. The fourth-order valence-corrected chi connectivity index (χ4v) is 3.31. The number of carbonyl (C=O) groups excluding carboxylic acids is 1. The standard InChI is InChI=1S/C25H24N4O3/c1-18-24(27-28-29(18)21-10-7-13-23(15-21)31-2)25(30)26-16-19-8-6-9-20(14-19)17-32-22-11-4-3-5-12-22/h3-15H,16-17H2,1-2H3,(H,26,30). The van der Waals surface area contributed by atoms with Crippen molar-refractivity contribution in [1.29, 1.82) is 0 Å². The van der Waals surface area contributed by atoms with Gasteiger partial charge in [-0.1, -0.05) is 53.7 Å². The van der Waals surface area contributed by atoms with Crippen molar-refractivity contribution in [2.75, 3.05) is 7.11 Å². The van der Waals surface area contributed by atoms with Gasteiger partial charge in [0.15, 0.2) is 5.69 Å². The van der Waals surface area contributed by atoms with Gasteiger partial charge < -0.3 is 14.8 Å². The first-order valence-electron chi connectivity index (χ1n) is 10.2. The number of nitrogens with one attached hydrogen (secondary N) is 1. The maximum absolute atomic E-state index is 12.7. The molecule has 0 aliphatic heterocycles. The molecule has 0 atom stereocenters. The highest BCUT2D eigenvalue weighted by molar-refractivity contribution is 5.93. The number of hydrogen-bond donors (Lipinski definition) is 1. The third-order valence-corrected chi connectivity index (χ3v) is 5.00. The number of hydrogen-bond acceptors (Lipinski definition) is 5. The molecule has 1 heterocycles. The van der Waals surface area contributed by atoms with Crippen LogP contribution >= 0.6 is 0 Å². The van der Waals surface area contributed by atoms with Crippen molar-refractivity contribution in [1.82, 2.24) is 20.3 Å². The molecular weight excluding hydrogens is 404 g/mol. The molecular formula is C25H24N4O3. The van der Waals surface area contributed by atoms with Crippen LogP contribution in [0.1, 0.15) is 27.3 Å². The quantitative estimate of drug-likeness (QED) is 0.457. The minimum atomic E-state index is -0.275. The van der Waals surface area contributed by atoms with Gasteiger partial charge in [0.05, 0.1) is 18.5 Å². The van der Waals surface area contributed by atoms with Gasteiger partial charge in [0, 0.05) is 12.6 Å². The lowest BCUT2D eigenvalue weighted by Gasteiger charge is -2.09. The zero-order valence-corrected chi connectivity index (χ0v) is 18.0. The van der Waals surface area contributed by atoms with Crippen LogP contribution in [0.25, 0.3) is 5.69 Å². The maximum atomic E-state index is 12.7. The molecule has 0 bridgehead atoms. The van der Waals surface area contributed by atoms with Crippen LogP contribution in [0.3, 0.4) is 0 Å². The van der Waals surface area contributed by atoms with Gasteiger partial charge in [0.25, 0.3) is 5.91 Å². The molecule has 3 aromatic carbocycles. The van der Waals surface area contributed by atoms with Crippen LogP contribution in [0.4, 0.5) is 0 Å². The van der Waals surface area contributed by atoms with Crippen LogP contribution in [-0.2, 0) is 13.2 Å². The first-order valence-corrected chi connectivity index (χ1v) is 10.2. The van der Waals surface area contributed by atoms with Crippen molar-refractivity contribution in [2.45, 2.75) is 20.1 Å². The Bertz CT molecular complexity index is 1200. The molecule has 0 saturated heterocycles. The number of nitrogens with zero attached hydrogens (tertiary/aromatic N) is 3. The van der Waals surface area contributed by atoms with E-state index >= 15 is 0 Å². The van der Waals surface area contributed by atoms with Crippen molar-refractivity contribution in [3.8, 4) is 17.2 Å². The number of para-hydroxylation sites is 1. The molecule has 7 heteroatoms. The van der Waals surface area contributed by atoms with E-state index in [1.54, 1.807) is 11.8 Å². The molecule has 0 radical (unpaired) electrons. The SMILES string of the molecule is COc1cccc(-n2nnc(C(=O)NCc3cccc(COc4ccccc4)c3)c2C)c1. The molecule has 1 N–H and O–H groups in total. The van der Waals surface area contributed by atoms with Crippen molar-refractivity contribution >= 4 is 5.91 Å². The first-order chi connectivity index (χ1) is 15.6. The highest BCUT2D eigenvalue weighted by Crippen LogP contribution is 2.18. The fourth-order valence-electron chi connectivity index (χ4n) is 3.31. The predicted molar refractivity (Wildman–Crippen MR) is 121 cm³/mol. The van der Waals surface area contributed by atoms with Crippen LogP contribution in [0, 0.1) is 6.92 Å². The molecule has 1 aromatic heterocycles. The van der Waals surface area contributed by atoms with Gasteiger partial charge in [-0.15, -0.1) is 5.10 Å². The Morgan fingerprint density at radius 2 is 1.69 bits per heavy atom. The third kappa shape index (κ3) is 4.95. The maximum Gasteiger partial charge on any atom is 0.274 e. The Morgan fingerprint density at radius 1 is 0.938 bits per heavy atom. The Labute approximate surface area is 186 Å². The van der Waals surface area contributed by atoms with Gasteiger partial charge >= 0.3 is 0 Å². The second-order valence-electron chi connectivity index (χ2n) is 7.24. The summed E-state index contributed by atoms with van der Waals surface area (Å²) in [7, 11) is 1.61. The summed E-state index contributed by atoms with van der Waals surface area (Å²) in [5.41, 5.74) is 3.72. The molecule has 0 fully saturated rings. The van der Waals surface area contributed by atoms with E-state index in [9.17, 15) is 4.79 Å². The van der Waals surface area contributed by atoms with Gasteiger partial charge in [0.1, 0.15) is 18.1 Å². The molecule has 0 aliphatic rings. The average Bonchev–Trinajstić information content (AvgIpc) is 3.23. The summed E-state index contributed by atoms with van der Waals surface area (Å²) in [6.45, 7) is 2.65. The summed E-state index contributed by atoms with van der Waals surface area (Å²) in [4.78, 5) is 12.7. The number of aromatic nitrogens is 3. The van der Waals surface area contributed by atoms with E-state index in [0.717, 1.165) is 22.6 Å². The van der Waals surface area contributed by atoms with Crippen LogP contribution in [0.5, 0.6) is 11.5 Å². The monoisotopic (exact) mass is 428 g/mol. The van der Waals surface area contributed by atoms with E-state index in [1.165, 1.54) is 0 Å². The highest BCUT2D eigenvalue weighted by atomic mass is 16.5. The zero-order valence-electron chi connectivity index (χ0n) is 18.0. The number of rotatable bonds is 8. The summed E-state index contributed by atoms with van der Waals surface area (Å²) in [5.74, 6) is 1.25. The molecule has 0 saturated carbocycles. The smallest absolute Gasteiger partial charge is 0.274 e. The number of amides is 1. The van der Waals surface area contributed by atoms with Crippen LogP contribution in [0.2, 0.25) is 0 Å². The van der Waals surface area contributed by atoms with Crippen LogP contribution < -0.4 is 14.8 Å². The van der Waals surface area contributed by atoms with Gasteiger partial charge in [0.2, 0.25) is 0 Å². The highest BCUT2D eigenvalue weighted by Gasteiger charge is 2.17. The van der Waals surface area contributed by atoms with Gasteiger partial charge in [-0.05, 0) is 42.3 Å². The number of benzene rings is 3. The minimum absolute atomic E-state index is 0.275. The molecule has 0 unspecified atom stereocenters. The molecule has 4 aromatic rings. The second-order valence-corrected chi connectivity index (χ2v) is 7.24. The van der Waals surface area contributed by atoms with Gasteiger partial charge in [-0.2, -0.15) is 0 Å². The molecule has 7 nitrogen and oxygen atoms in total. The topological polar surface area (TPSA) is 78.3 Å². The molecule has 0 spiro atoms. The normalized spacial score (nSPS) is 10.6. The molecule has 32 heavy (non-hydrogen) atoms. The zero-order chi connectivity index (χ0) is 22.3. The van der Waals surface area contributed by atoms with Crippen molar-refractivity contribution in [3.63, 3.8) is 0 Å². The number of carbonyl (C=O) groups is 1. The Hall–Kier alpha value is -4.13. The fraction of sp³-hybridized carbons (Fsp3) is 0.160. The summed E-state index contributed by atoms with van der Waals surface area (Å²) in [6, 6.07) is 25.0. The molecule has 4 rings (SSSR count).